The maximum atomic E-state index is 12.1. The van der Waals surface area contributed by atoms with Crippen LogP contribution in [0.25, 0.3) is 0 Å². The van der Waals surface area contributed by atoms with E-state index in [4.69, 9.17) is 5.11 Å². The van der Waals surface area contributed by atoms with E-state index in [1.54, 1.807) is 18.2 Å². The lowest BCUT2D eigenvalue weighted by atomic mass is 9.80. The molecule has 0 saturated carbocycles. The average Bonchev–Trinajstić information content (AvgIpc) is 3.42. The number of hydrogen-bond donors (Lipinski definition) is 3. The number of benzene rings is 2. The zero-order chi connectivity index (χ0) is 39.3. The highest BCUT2D eigenvalue weighted by atomic mass is 32.2. The number of allylic oxidation sites excluding steroid dienone is 13. The number of carbonyl (C=O) groups is 1. The molecule has 2 heterocycles. The summed E-state index contributed by atoms with van der Waals surface area (Å²) in [4.78, 5) is 15.2. The first-order valence-electron chi connectivity index (χ1n) is 18.2. The minimum atomic E-state index is -4.41. The van der Waals surface area contributed by atoms with Crippen LogP contribution in [-0.4, -0.2) is 56.1 Å². The lowest BCUT2D eigenvalue weighted by molar-refractivity contribution is -0.137. The molecular formula is C42H50N2O8S2. The lowest BCUT2D eigenvalue weighted by Gasteiger charge is -2.32. The molecule has 0 radical (unpaired) electrons. The molecule has 1 atom stereocenters. The first-order valence-corrected chi connectivity index (χ1v) is 21.1. The molecule has 12 heteroatoms. The number of nitrogens with zero attached hydrogens (tertiary/aromatic N) is 2. The summed E-state index contributed by atoms with van der Waals surface area (Å²) in [6.07, 6.45) is 28.0. The number of carboxylic acid groups (broad SMARTS) is 1. The second-order valence-corrected chi connectivity index (χ2v) is 17.8. The van der Waals surface area contributed by atoms with Crippen molar-refractivity contribution >= 4 is 37.6 Å². The molecule has 2 aromatic rings. The molecule has 3 N–H and O–H groups in total. The van der Waals surface area contributed by atoms with Gasteiger partial charge in [0.15, 0.2) is 0 Å². The molecule has 0 spiro atoms. The van der Waals surface area contributed by atoms with Gasteiger partial charge in [0, 0.05) is 47.4 Å². The number of fused-ring (bicyclic) bond motifs is 2. The van der Waals surface area contributed by atoms with E-state index in [1.165, 1.54) is 23.8 Å². The van der Waals surface area contributed by atoms with Gasteiger partial charge in [-0.15, -0.1) is 0 Å². The molecule has 0 amide bonds. The molecule has 0 fully saturated rings. The molecule has 0 bridgehead atoms. The summed E-state index contributed by atoms with van der Waals surface area (Å²) in [5.41, 5.74) is 4.41. The summed E-state index contributed by atoms with van der Waals surface area (Å²) in [5.74, 6) is -0.828. The molecule has 2 aliphatic heterocycles. The monoisotopic (exact) mass is 774 g/mol. The van der Waals surface area contributed by atoms with Gasteiger partial charge in [0.2, 0.25) is 0 Å². The highest BCUT2D eigenvalue weighted by Crippen LogP contribution is 2.49. The van der Waals surface area contributed by atoms with Gasteiger partial charge in [-0.1, -0.05) is 101 Å². The summed E-state index contributed by atoms with van der Waals surface area (Å²) in [7, 11) is -8.79. The summed E-state index contributed by atoms with van der Waals surface area (Å²) < 4.78 is 67.9. The van der Waals surface area contributed by atoms with Gasteiger partial charge in [0.25, 0.3) is 20.2 Å². The van der Waals surface area contributed by atoms with Crippen LogP contribution in [0.3, 0.4) is 0 Å². The Morgan fingerprint density at radius 3 is 2.09 bits per heavy atom. The van der Waals surface area contributed by atoms with Gasteiger partial charge in [-0.05, 0) is 84.9 Å². The van der Waals surface area contributed by atoms with Gasteiger partial charge >= 0.3 is 5.97 Å². The van der Waals surface area contributed by atoms with Crippen LogP contribution in [0.5, 0.6) is 0 Å². The third-order valence-corrected chi connectivity index (χ3v) is 12.2. The van der Waals surface area contributed by atoms with Crippen molar-refractivity contribution in [2.24, 2.45) is 0 Å². The van der Waals surface area contributed by atoms with Gasteiger partial charge in [0.1, 0.15) is 0 Å². The van der Waals surface area contributed by atoms with Crippen molar-refractivity contribution in [3.05, 3.63) is 132 Å². The Morgan fingerprint density at radius 1 is 0.759 bits per heavy atom. The highest BCUT2D eigenvalue weighted by molar-refractivity contribution is 7.86. The molecular weight excluding hydrogens is 725 g/mol. The Bertz CT molecular complexity index is 2190. The van der Waals surface area contributed by atoms with Crippen molar-refractivity contribution in [2.75, 3.05) is 22.9 Å². The fourth-order valence-corrected chi connectivity index (χ4v) is 8.64. The standard InChI is InChI=1S/C42H50N2O8S2/c1-41(2)34-29-32(53(47,48)49)23-25-36(34)43(27-15-9-14-22-40(45)46)38(41)20-12-8-13-21-39-42(3,4)35-30-33(54(50,51)52)24-26-37(35)44(39)28-16-19-31-17-10-6-5-7-11-18-31/h5-8,10-13,17-18,20-21,23-26,29-30,39H,9,14-16,19,22,27-28H2,1-4H3,(H,45,46)(H,47,48,49)(H,50,51,52)/b6-5-,7-5?,10-6?,11-7-,12-8+,17-10-,18-11?,21-13+,31-17?,31-18+,38-20+. The number of carboxylic acids is 1. The minimum Gasteiger partial charge on any atom is -0.481 e. The van der Waals surface area contributed by atoms with Crippen molar-refractivity contribution in [3.63, 3.8) is 0 Å². The Hall–Kier alpha value is -4.49. The van der Waals surface area contributed by atoms with Crippen LogP contribution < -0.4 is 9.80 Å². The van der Waals surface area contributed by atoms with E-state index in [0.717, 1.165) is 53.9 Å². The molecule has 0 aromatic heterocycles. The second-order valence-electron chi connectivity index (χ2n) is 14.9. The quantitative estimate of drug-likeness (QED) is 0.0913. The number of aliphatic carboxylic acids is 1. The van der Waals surface area contributed by atoms with Crippen LogP contribution in [0, 0.1) is 0 Å². The van der Waals surface area contributed by atoms with Crippen LogP contribution in [0.1, 0.15) is 77.3 Å². The molecule has 1 unspecified atom stereocenters. The Labute approximate surface area is 319 Å². The predicted molar refractivity (Wildman–Crippen MR) is 214 cm³/mol. The molecule has 10 nitrogen and oxygen atoms in total. The van der Waals surface area contributed by atoms with Crippen LogP contribution in [-0.2, 0) is 35.9 Å². The third-order valence-electron chi connectivity index (χ3n) is 10.5. The summed E-state index contributed by atoms with van der Waals surface area (Å²) in [6.45, 7) is 9.48. The summed E-state index contributed by atoms with van der Waals surface area (Å²) in [6, 6.07) is 9.31. The Balaban J connectivity index is 1.41. The SMILES string of the molecule is CC1(C)\C(=C/C=C/C=C/C2N(CCCC3=C/C=C\C=C/C=C\3)c3ccc(S(=O)(=O)O)cc3C2(C)C)N(CCCCCC(=O)O)c2ccc(S(=O)(=O)O)cc21. The van der Waals surface area contributed by atoms with Gasteiger partial charge in [-0.3, -0.25) is 13.9 Å². The van der Waals surface area contributed by atoms with Gasteiger partial charge in [-0.25, -0.2) is 0 Å². The number of anilines is 2. The molecule has 2 aromatic carbocycles. The summed E-state index contributed by atoms with van der Waals surface area (Å²) in [5, 5.41) is 9.06. The zero-order valence-corrected chi connectivity index (χ0v) is 32.9. The maximum Gasteiger partial charge on any atom is 0.303 e. The topological polar surface area (TPSA) is 153 Å². The average molecular weight is 775 g/mol. The van der Waals surface area contributed by atoms with E-state index in [-0.39, 0.29) is 22.3 Å². The Morgan fingerprint density at radius 2 is 1.41 bits per heavy atom. The van der Waals surface area contributed by atoms with Crippen molar-refractivity contribution in [1.29, 1.82) is 0 Å². The fraction of sp³-hybridized carbons (Fsp3) is 0.357. The molecule has 288 valence electrons. The van der Waals surface area contributed by atoms with Gasteiger partial charge in [0.05, 0.1) is 15.8 Å². The van der Waals surface area contributed by atoms with E-state index in [9.17, 15) is 30.7 Å². The van der Waals surface area contributed by atoms with E-state index in [0.29, 0.717) is 19.5 Å². The van der Waals surface area contributed by atoms with E-state index in [1.807, 2.05) is 68.5 Å². The van der Waals surface area contributed by atoms with E-state index < -0.39 is 37.0 Å². The summed E-state index contributed by atoms with van der Waals surface area (Å²) >= 11 is 0. The first-order chi connectivity index (χ1) is 25.4. The van der Waals surface area contributed by atoms with Crippen LogP contribution in [0.2, 0.25) is 0 Å². The highest BCUT2D eigenvalue weighted by Gasteiger charge is 2.44. The van der Waals surface area contributed by atoms with Gasteiger partial charge < -0.3 is 14.9 Å². The number of unbranched alkanes of at least 4 members (excludes halogenated alkanes) is 2. The van der Waals surface area contributed by atoms with Crippen LogP contribution in [0.15, 0.2) is 130 Å². The van der Waals surface area contributed by atoms with Gasteiger partial charge in [-0.2, -0.15) is 16.8 Å². The fourth-order valence-electron chi connectivity index (χ4n) is 7.63. The smallest absolute Gasteiger partial charge is 0.303 e. The lowest BCUT2D eigenvalue weighted by Crippen LogP contribution is -2.40. The molecule has 5 rings (SSSR count). The van der Waals surface area contributed by atoms with Crippen LogP contribution in [0.4, 0.5) is 11.4 Å². The Kier molecular flexibility index (Phi) is 12.4. The number of hydrogen-bond acceptors (Lipinski definition) is 7. The zero-order valence-electron chi connectivity index (χ0n) is 31.2. The normalized spacial score (nSPS) is 22.5. The molecule has 1 aliphatic carbocycles. The predicted octanol–water partition coefficient (Wildman–Crippen LogP) is 8.47. The first kappa shape index (κ1) is 40.7. The van der Waals surface area contributed by atoms with Crippen molar-refractivity contribution in [2.45, 2.75) is 92.9 Å². The molecule has 3 aliphatic rings. The van der Waals surface area contributed by atoms with Crippen molar-refractivity contribution in [3.8, 4) is 0 Å². The molecule has 54 heavy (non-hydrogen) atoms. The maximum absolute atomic E-state index is 12.1. The minimum absolute atomic E-state index is 0.102. The van der Waals surface area contributed by atoms with Crippen molar-refractivity contribution < 1.29 is 35.8 Å². The van der Waals surface area contributed by atoms with E-state index in [2.05, 4.69) is 41.9 Å². The second kappa shape index (κ2) is 16.5. The van der Waals surface area contributed by atoms with Crippen LogP contribution >= 0.6 is 0 Å². The third kappa shape index (κ3) is 9.23. The van der Waals surface area contributed by atoms with E-state index >= 15 is 0 Å². The number of rotatable bonds is 15. The van der Waals surface area contributed by atoms with Crippen molar-refractivity contribution in [1.82, 2.24) is 0 Å². The molecule has 0 saturated heterocycles. The largest absolute Gasteiger partial charge is 0.481 e.